The highest BCUT2D eigenvalue weighted by atomic mass is 16.1. The minimum absolute atomic E-state index is 0.589. The molecule has 0 bridgehead atoms. The number of carbonyl (C=O) groups is 2. The van der Waals surface area contributed by atoms with Crippen molar-refractivity contribution in [1.29, 1.82) is 0 Å². The van der Waals surface area contributed by atoms with Crippen molar-refractivity contribution in [3.8, 4) is 0 Å². The van der Waals surface area contributed by atoms with E-state index < -0.39 is 0 Å². The van der Waals surface area contributed by atoms with Crippen molar-refractivity contribution in [1.82, 2.24) is 10.2 Å². The van der Waals surface area contributed by atoms with Gasteiger partial charge in [0.2, 0.25) is 0 Å². The number of benzene rings is 1. The molecule has 0 unspecified atom stereocenters. The Balaban J connectivity index is 0. The van der Waals surface area contributed by atoms with Gasteiger partial charge in [-0.3, -0.25) is 14.5 Å². The molecule has 0 fully saturated rings. The van der Waals surface area contributed by atoms with Crippen molar-refractivity contribution in [2.45, 2.75) is 0 Å². The Morgan fingerprint density at radius 3 is 1.22 bits per heavy atom. The summed E-state index contributed by atoms with van der Waals surface area (Å²) in [5, 5.41) is 3.03. The zero-order valence-electron chi connectivity index (χ0n) is 16.2. The first kappa shape index (κ1) is 27.5. The number of rotatable bonds is 12. The topological polar surface area (TPSA) is 180 Å². The van der Waals surface area contributed by atoms with Crippen LogP contribution in [-0.4, -0.2) is 82.9 Å². The fraction of sp³-hybridized carbons (Fsp3) is 0.556. The van der Waals surface area contributed by atoms with Crippen LogP contribution in [0.3, 0.4) is 0 Å². The predicted molar refractivity (Wildman–Crippen MR) is 112 cm³/mol. The van der Waals surface area contributed by atoms with Crippen LogP contribution in [0.1, 0.15) is 20.7 Å². The van der Waals surface area contributed by atoms with Gasteiger partial charge in [-0.15, -0.1) is 0 Å². The van der Waals surface area contributed by atoms with Crippen molar-refractivity contribution in [2.24, 2.45) is 28.7 Å². The Morgan fingerprint density at radius 2 is 1.00 bits per heavy atom. The van der Waals surface area contributed by atoms with Crippen LogP contribution in [0.4, 0.5) is 0 Å². The summed E-state index contributed by atoms with van der Waals surface area (Å²) in [6.07, 6.45) is 1.49. The molecule has 0 spiro atoms. The van der Waals surface area contributed by atoms with Crippen molar-refractivity contribution in [2.75, 3.05) is 65.4 Å². The lowest BCUT2D eigenvalue weighted by atomic mass is 10.2. The maximum atomic E-state index is 10.1. The van der Waals surface area contributed by atoms with E-state index in [2.05, 4.69) is 10.2 Å². The van der Waals surface area contributed by atoms with E-state index in [-0.39, 0.29) is 0 Å². The Bertz CT molecular complexity index is 399. The van der Waals surface area contributed by atoms with Gasteiger partial charge in [0, 0.05) is 76.6 Å². The molecule has 0 saturated carbocycles. The van der Waals surface area contributed by atoms with Gasteiger partial charge in [-0.2, -0.15) is 0 Å². The normalized spacial score (nSPS) is 9.70. The summed E-state index contributed by atoms with van der Waals surface area (Å²) in [6.45, 7) is 7.87. The predicted octanol–water partition coefficient (Wildman–Crippen LogP) is -2.03. The van der Waals surface area contributed by atoms with Gasteiger partial charge in [-0.25, -0.2) is 0 Å². The van der Waals surface area contributed by atoms with Gasteiger partial charge in [0.15, 0.2) is 0 Å². The number of carbonyl (C=O) groups excluding carboxylic acids is 2. The van der Waals surface area contributed by atoms with E-state index in [1.54, 1.807) is 24.3 Å². The van der Waals surface area contributed by atoms with Gasteiger partial charge < -0.3 is 34.0 Å². The van der Waals surface area contributed by atoms with Crippen LogP contribution in [0.5, 0.6) is 0 Å². The average Bonchev–Trinajstić information content (AvgIpc) is 2.70. The maximum absolute atomic E-state index is 10.1. The van der Waals surface area contributed by atoms with E-state index >= 15 is 0 Å². The summed E-state index contributed by atoms with van der Waals surface area (Å²) in [7, 11) is 0. The second kappa shape index (κ2) is 22.3. The van der Waals surface area contributed by atoms with E-state index in [9.17, 15) is 9.59 Å². The van der Waals surface area contributed by atoms with Crippen LogP contribution in [-0.2, 0) is 0 Å². The minimum Gasteiger partial charge on any atom is -0.329 e. The van der Waals surface area contributed by atoms with Gasteiger partial charge in [-0.05, 0) is 0 Å². The summed E-state index contributed by atoms with van der Waals surface area (Å²) >= 11 is 0. The molecule has 0 amide bonds. The summed E-state index contributed by atoms with van der Waals surface area (Å²) in [5.74, 6) is 0. The molecule has 156 valence electrons. The number of hydrogen-bond donors (Lipinski definition) is 6. The molecule has 1 aromatic rings. The molecule has 27 heavy (non-hydrogen) atoms. The minimum atomic E-state index is 0.589. The van der Waals surface area contributed by atoms with Crippen molar-refractivity contribution < 1.29 is 9.59 Å². The van der Waals surface area contributed by atoms with Gasteiger partial charge in [0.05, 0.1) is 0 Å². The third-order valence-electron chi connectivity index (χ3n) is 3.19. The van der Waals surface area contributed by atoms with Crippen molar-refractivity contribution >= 4 is 12.6 Å². The van der Waals surface area contributed by atoms with E-state index in [4.69, 9.17) is 28.7 Å². The fourth-order valence-electron chi connectivity index (χ4n) is 1.87. The largest absolute Gasteiger partial charge is 0.329 e. The average molecular weight is 384 g/mol. The maximum Gasteiger partial charge on any atom is 0.150 e. The first-order chi connectivity index (χ1) is 13.1. The third kappa shape index (κ3) is 18.9. The first-order valence-corrected chi connectivity index (χ1v) is 9.07. The molecule has 0 aliphatic heterocycles. The molecule has 0 aliphatic rings. The Labute approximate surface area is 162 Å². The van der Waals surface area contributed by atoms with Crippen molar-refractivity contribution in [3.63, 3.8) is 0 Å². The Kier molecular flexibility index (Phi) is 22.7. The van der Waals surface area contributed by atoms with E-state index in [0.29, 0.717) is 43.9 Å². The van der Waals surface area contributed by atoms with Gasteiger partial charge in [-0.1, -0.05) is 24.3 Å². The van der Waals surface area contributed by atoms with Crippen LogP contribution < -0.4 is 34.0 Å². The van der Waals surface area contributed by atoms with E-state index in [0.717, 1.165) is 45.3 Å². The number of nitrogens with zero attached hydrogens (tertiary/aromatic N) is 1. The molecular weight excluding hydrogens is 346 g/mol. The Hall–Kier alpha value is -1.72. The molecule has 0 aliphatic carbocycles. The van der Waals surface area contributed by atoms with Gasteiger partial charge in [0.25, 0.3) is 0 Å². The second-order valence-corrected chi connectivity index (χ2v) is 5.44. The molecule has 9 heteroatoms. The molecule has 0 radical (unpaired) electrons. The number of nitrogens with one attached hydrogen (secondary N) is 1. The monoisotopic (exact) mass is 383 g/mol. The van der Waals surface area contributed by atoms with E-state index in [1.165, 1.54) is 0 Å². The molecule has 11 N–H and O–H groups in total. The highest BCUT2D eigenvalue weighted by Gasteiger charge is 1.98. The van der Waals surface area contributed by atoms with Gasteiger partial charge in [0.1, 0.15) is 12.6 Å². The SMILES string of the molecule is NCCN(CCN)CCN.NCCNCCN.O=Cc1ccc(C=O)cc1. The third-order valence-corrected chi connectivity index (χ3v) is 3.19. The number of aldehydes is 2. The summed E-state index contributed by atoms with van der Waals surface area (Å²) < 4.78 is 0. The zero-order chi connectivity index (χ0) is 20.8. The Morgan fingerprint density at radius 1 is 0.667 bits per heavy atom. The number of hydrogen-bond acceptors (Lipinski definition) is 9. The van der Waals surface area contributed by atoms with Crippen LogP contribution in [0.25, 0.3) is 0 Å². The lowest BCUT2D eigenvalue weighted by Crippen LogP contribution is -2.37. The zero-order valence-corrected chi connectivity index (χ0v) is 16.2. The highest BCUT2D eigenvalue weighted by molar-refractivity contribution is 5.79. The van der Waals surface area contributed by atoms with Crippen LogP contribution in [0.2, 0.25) is 0 Å². The van der Waals surface area contributed by atoms with Crippen LogP contribution in [0.15, 0.2) is 24.3 Å². The lowest BCUT2D eigenvalue weighted by molar-refractivity contribution is 0.111. The molecule has 0 saturated heterocycles. The fourth-order valence-corrected chi connectivity index (χ4v) is 1.87. The first-order valence-electron chi connectivity index (χ1n) is 9.07. The lowest BCUT2D eigenvalue weighted by Gasteiger charge is -2.18. The number of nitrogens with two attached hydrogens (primary N) is 5. The smallest absolute Gasteiger partial charge is 0.150 e. The summed E-state index contributed by atoms with van der Waals surface area (Å²) in [5.41, 5.74) is 27.6. The van der Waals surface area contributed by atoms with Crippen LogP contribution >= 0.6 is 0 Å². The summed E-state index contributed by atoms with van der Waals surface area (Å²) in [6, 6.07) is 6.43. The summed E-state index contributed by atoms with van der Waals surface area (Å²) in [4.78, 5) is 22.4. The van der Waals surface area contributed by atoms with Crippen LogP contribution in [0, 0.1) is 0 Å². The molecule has 0 aromatic heterocycles. The molecule has 1 aromatic carbocycles. The van der Waals surface area contributed by atoms with Gasteiger partial charge >= 0.3 is 0 Å². The highest BCUT2D eigenvalue weighted by Crippen LogP contribution is 1.98. The molecule has 1 rings (SSSR count). The standard InChI is InChI=1S/C8H6O2.C6H18N4.C4H13N3/c9-5-7-1-2-8(6-10)4-3-7;7-1-4-10(5-2-8)6-3-9;5-1-3-7-4-2-6/h1-6H;1-9H2;7H,1-6H2. The van der Waals surface area contributed by atoms with E-state index in [1.807, 2.05) is 0 Å². The second-order valence-electron chi connectivity index (χ2n) is 5.44. The molecule has 0 heterocycles. The molecular formula is C18H37N7O2. The van der Waals surface area contributed by atoms with Crippen molar-refractivity contribution in [3.05, 3.63) is 35.4 Å². The quantitative estimate of drug-likeness (QED) is 0.175. The molecule has 0 atom stereocenters. The molecule has 9 nitrogen and oxygen atoms in total.